The molecule has 2 aliphatic heterocycles. The molecule has 1 fully saturated rings. The van der Waals surface area contributed by atoms with Crippen LogP contribution in [-0.4, -0.2) is 149 Å². The zero-order chi connectivity index (χ0) is 37.9. The number of nitrogens with zero attached hydrogens (tertiary/aromatic N) is 1. The molecule has 0 radical (unpaired) electrons. The van der Waals surface area contributed by atoms with Crippen molar-refractivity contribution in [2.45, 2.75) is 56.7 Å². The van der Waals surface area contributed by atoms with Crippen LogP contribution in [0.5, 0.6) is 11.5 Å². The number of aliphatic hydroxyl groups is 3. The maximum absolute atomic E-state index is 12.6. The lowest BCUT2D eigenvalue weighted by Gasteiger charge is -2.38. The van der Waals surface area contributed by atoms with Gasteiger partial charge < -0.3 is 54.7 Å². The molecule has 6 atom stereocenters. The number of carboxylic acids is 1. The van der Waals surface area contributed by atoms with Gasteiger partial charge in [0.1, 0.15) is 54.8 Å². The van der Waals surface area contributed by atoms with Crippen LogP contribution in [0.25, 0.3) is 0 Å². The van der Waals surface area contributed by atoms with Crippen molar-refractivity contribution in [1.82, 2.24) is 15.5 Å². The first-order valence-corrected chi connectivity index (χ1v) is 16.7. The summed E-state index contributed by atoms with van der Waals surface area (Å²) >= 11 is 0. The number of imide groups is 1. The van der Waals surface area contributed by atoms with E-state index in [1.807, 2.05) is 0 Å². The Morgan fingerprint density at radius 3 is 2.31 bits per heavy atom. The Kier molecular flexibility index (Phi) is 14.8. The predicted octanol–water partition coefficient (Wildman–Crippen LogP) is -3.78. The van der Waals surface area contributed by atoms with Gasteiger partial charge in [0.2, 0.25) is 18.1 Å². The minimum Gasteiger partial charge on any atom is -0.491 e. The maximum Gasteiger partial charge on any atom is 0.335 e. The van der Waals surface area contributed by atoms with E-state index in [-0.39, 0.29) is 56.6 Å². The largest absolute Gasteiger partial charge is 0.491 e. The van der Waals surface area contributed by atoms with E-state index in [2.05, 4.69) is 10.6 Å². The highest BCUT2D eigenvalue weighted by molar-refractivity contribution is 7.85. The number of hydrogen-bond acceptors (Lipinski definition) is 16. The van der Waals surface area contributed by atoms with Gasteiger partial charge in [-0.2, -0.15) is 8.42 Å². The fourth-order valence-corrected chi connectivity index (χ4v) is 5.18. The number of carbonyl (C=O) groups is 6. The highest BCUT2D eigenvalue weighted by Gasteiger charge is 2.48. The average Bonchev–Trinajstić information content (AvgIpc) is 3.37. The van der Waals surface area contributed by atoms with Gasteiger partial charge in [-0.05, 0) is 12.1 Å². The number of esters is 1. The molecule has 2 heterocycles. The van der Waals surface area contributed by atoms with Crippen molar-refractivity contribution >= 4 is 45.7 Å². The first kappa shape index (κ1) is 40.7. The normalized spacial score (nSPS) is 22.3. The minimum absolute atomic E-state index is 0.0515. The molecule has 1 saturated heterocycles. The Balaban J connectivity index is 1.49. The first-order valence-electron chi connectivity index (χ1n) is 15.1. The predicted molar refractivity (Wildman–Crippen MR) is 165 cm³/mol. The zero-order valence-corrected chi connectivity index (χ0v) is 27.7. The number of carbonyl (C=O) groups excluding carboxylic acids is 5. The summed E-state index contributed by atoms with van der Waals surface area (Å²) in [6.45, 7) is 0.133. The molecule has 0 aliphatic carbocycles. The van der Waals surface area contributed by atoms with E-state index in [0.717, 1.165) is 24.0 Å². The monoisotopic (exact) mass is 747 g/mol. The van der Waals surface area contributed by atoms with E-state index >= 15 is 0 Å². The molecule has 4 amide bonds. The average molecular weight is 748 g/mol. The Bertz CT molecular complexity index is 1580. The van der Waals surface area contributed by atoms with Crippen LogP contribution in [0, 0.1) is 0 Å². The molecule has 0 saturated carbocycles. The van der Waals surface area contributed by atoms with Crippen LogP contribution in [0.15, 0.2) is 30.4 Å². The van der Waals surface area contributed by atoms with Crippen LogP contribution >= 0.6 is 0 Å². The molecule has 51 heavy (non-hydrogen) atoms. The van der Waals surface area contributed by atoms with Gasteiger partial charge in [0.05, 0.1) is 13.2 Å². The Labute approximate surface area is 289 Å². The third-order valence-electron chi connectivity index (χ3n) is 7.06. The van der Waals surface area contributed by atoms with E-state index in [9.17, 15) is 62.2 Å². The van der Waals surface area contributed by atoms with Gasteiger partial charge in [0.15, 0.2) is 6.10 Å². The van der Waals surface area contributed by atoms with Crippen LogP contribution in [0.3, 0.4) is 0 Å². The fraction of sp³-hybridized carbons (Fsp3) is 0.517. The molecular formula is C29H37N3O18S. The Hall–Kier alpha value is -4.71. The molecule has 0 spiro atoms. The van der Waals surface area contributed by atoms with Gasteiger partial charge in [-0.25, -0.2) is 4.79 Å². The van der Waals surface area contributed by atoms with E-state index in [1.165, 1.54) is 18.2 Å². The number of benzene rings is 1. The number of rotatable bonds is 19. The summed E-state index contributed by atoms with van der Waals surface area (Å²) in [4.78, 5) is 71.7. The van der Waals surface area contributed by atoms with Crippen molar-refractivity contribution in [3.05, 3.63) is 35.9 Å². The van der Waals surface area contributed by atoms with Crippen LogP contribution in [0.2, 0.25) is 0 Å². The summed E-state index contributed by atoms with van der Waals surface area (Å²) in [5.41, 5.74) is 0.241. The van der Waals surface area contributed by atoms with E-state index in [1.54, 1.807) is 0 Å². The Morgan fingerprint density at radius 1 is 1.00 bits per heavy atom. The second-order valence-corrected chi connectivity index (χ2v) is 12.4. The number of hydrogen-bond donors (Lipinski definition) is 7. The van der Waals surface area contributed by atoms with Gasteiger partial charge in [0.25, 0.3) is 21.9 Å². The molecule has 1 aromatic carbocycles. The second-order valence-electron chi connectivity index (χ2n) is 10.9. The smallest absolute Gasteiger partial charge is 0.335 e. The number of amides is 4. The molecule has 0 aromatic heterocycles. The number of carboxylic acid groups (broad SMARTS) is 1. The number of aliphatic hydroxyl groups excluding tert-OH is 3. The van der Waals surface area contributed by atoms with Crippen LogP contribution in [-0.2, 0) is 59.7 Å². The molecule has 7 N–H and O–H groups in total. The molecule has 282 valence electrons. The molecule has 2 aliphatic rings. The molecular weight excluding hydrogens is 710 g/mol. The lowest BCUT2D eigenvalue weighted by atomic mass is 9.99. The molecule has 3 rings (SSSR count). The topological polar surface area (TPSA) is 311 Å². The summed E-state index contributed by atoms with van der Waals surface area (Å²) in [7, 11) is -4.71. The summed E-state index contributed by atoms with van der Waals surface area (Å²) < 4.78 is 58.8. The minimum atomic E-state index is -4.71. The van der Waals surface area contributed by atoms with E-state index in [4.69, 9.17) is 23.7 Å². The van der Waals surface area contributed by atoms with E-state index < -0.39 is 94.6 Å². The standard InChI is InChI=1S/C29H37N3O18S/c1-15(33)48-13-16-2-3-17(12-19(16)49-29-25(39)23(37)24(38)26(50-29)28(41)42)47-11-10-46-9-7-30-27(40)18(14-51(43,44)45)31-20(34)6-8-32-21(35)4-5-22(32)36/h2-5,12,18,23-26,29,37-39H,6-11,13-14H2,1H3,(H,30,40)(H,31,34)(H,41,42)(H,43,44,45)/t18-,23+,24+,25-,26+,29-/m1/s1. The van der Waals surface area contributed by atoms with Crippen LogP contribution < -0.4 is 20.1 Å². The molecule has 21 nitrogen and oxygen atoms in total. The number of aliphatic carboxylic acids is 1. The van der Waals surface area contributed by atoms with Crippen molar-refractivity contribution < 1.29 is 85.8 Å². The lowest BCUT2D eigenvalue weighted by Crippen LogP contribution is -2.61. The summed E-state index contributed by atoms with van der Waals surface area (Å²) in [5, 5.41) is 44.1. The summed E-state index contributed by atoms with van der Waals surface area (Å²) in [6.07, 6.45) is -7.84. The Morgan fingerprint density at radius 2 is 1.69 bits per heavy atom. The molecule has 22 heteroatoms. The molecule has 0 unspecified atom stereocenters. The van der Waals surface area contributed by atoms with E-state index in [0.29, 0.717) is 0 Å². The van der Waals surface area contributed by atoms with Crippen molar-refractivity contribution in [2.75, 3.05) is 38.7 Å². The van der Waals surface area contributed by atoms with Crippen LogP contribution in [0.1, 0.15) is 18.9 Å². The fourth-order valence-electron chi connectivity index (χ4n) is 4.52. The highest BCUT2D eigenvalue weighted by atomic mass is 32.2. The quantitative estimate of drug-likeness (QED) is 0.0309. The second kappa shape index (κ2) is 18.5. The van der Waals surface area contributed by atoms with Crippen molar-refractivity contribution in [3.63, 3.8) is 0 Å². The first-order chi connectivity index (χ1) is 24.0. The summed E-state index contributed by atoms with van der Waals surface area (Å²) in [6, 6.07) is 2.49. The van der Waals surface area contributed by atoms with Gasteiger partial charge in [-0.15, -0.1) is 0 Å². The lowest BCUT2D eigenvalue weighted by molar-refractivity contribution is -0.271. The van der Waals surface area contributed by atoms with Gasteiger partial charge in [-0.1, -0.05) is 0 Å². The third-order valence-corrected chi connectivity index (χ3v) is 7.81. The number of nitrogens with one attached hydrogen (secondary N) is 2. The third kappa shape index (κ3) is 12.5. The van der Waals surface area contributed by atoms with Crippen molar-refractivity contribution in [2.24, 2.45) is 0 Å². The van der Waals surface area contributed by atoms with Gasteiger partial charge in [0, 0.05) is 50.2 Å². The van der Waals surface area contributed by atoms with Crippen LogP contribution in [0.4, 0.5) is 0 Å². The van der Waals surface area contributed by atoms with Crippen molar-refractivity contribution in [3.8, 4) is 11.5 Å². The molecule has 0 bridgehead atoms. The summed E-state index contributed by atoms with van der Waals surface area (Å²) in [5.74, 6) is -6.43. The van der Waals surface area contributed by atoms with Crippen molar-refractivity contribution in [1.29, 1.82) is 0 Å². The zero-order valence-electron chi connectivity index (χ0n) is 26.9. The maximum atomic E-state index is 12.6. The SMILES string of the molecule is CC(=O)OCc1ccc(OCCOCCNC(=O)[C@@H](CS(=O)(=O)O)NC(=O)CCN2C(=O)C=CC2=O)cc1O[C@@H]1O[C@H](C(=O)O)[C@@H](O)[C@H](O)[C@H]1O. The van der Waals surface area contributed by atoms with Gasteiger partial charge >= 0.3 is 11.9 Å². The van der Waals surface area contributed by atoms with Gasteiger partial charge in [-0.3, -0.25) is 33.4 Å². The number of ether oxygens (including phenoxy) is 5. The molecule has 1 aromatic rings. The highest BCUT2D eigenvalue weighted by Crippen LogP contribution is 2.30.